The minimum Gasteiger partial charge on any atom is -0.396 e. The van der Waals surface area contributed by atoms with Crippen LogP contribution in [0.2, 0.25) is 0 Å². The molecule has 1 aliphatic rings. The number of hydrogen-bond donors (Lipinski definition) is 1. The third-order valence-corrected chi connectivity index (χ3v) is 3.64. The Hall–Kier alpha value is -0.580. The first-order valence-corrected chi connectivity index (χ1v) is 6.74. The van der Waals surface area contributed by atoms with Gasteiger partial charge in [-0.15, -0.1) is 0 Å². The smallest absolute Gasteiger partial charge is 0.0642 e. The van der Waals surface area contributed by atoms with Gasteiger partial charge in [0, 0.05) is 35.8 Å². The molecule has 0 aromatic heterocycles. The van der Waals surface area contributed by atoms with E-state index in [1.165, 1.54) is 11.3 Å². The van der Waals surface area contributed by atoms with Crippen LogP contribution in [0.4, 0.5) is 5.69 Å². The Kier molecular flexibility index (Phi) is 4.42. The fraction of sp³-hybridized carbons (Fsp3) is 0.538. The van der Waals surface area contributed by atoms with Gasteiger partial charge in [0.1, 0.15) is 0 Å². The Morgan fingerprint density at radius 1 is 1.41 bits per heavy atom. The van der Waals surface area contributed by atoms with Gasteiger partial charge in [-0.1, -0.05) is 22.9 Å². The van der Waals surface area contributed by atoms with Gasteiger partial charge in [-0.25, -0.2) is 0 Å². The van der Waals surface area contributed by atoms with Crippen LogP contribution in [0, 0.1) is 0 Å². The first kappa shape index (κ1) is 12.9. The largest absolute Gasteiger partial charge is 0.396 e. The quantitative estimate of drug-likeness (QED) is 0.930. The average Bonchev–Trinajstić information content (AvgIpc) is 2.38. The van der Waals surface area contributed by atoms with Crippen LogP contribution in [0.25, 0.3) is 0 Å². The van der Waals surface area contributed by atoms with Crippen molar-refractivity contribution in [2.75, 3.05) is 37.8 Å². The molecule has 1 saturated heterocycles. The van der Waals surface area contributed by atoms with Gasteiger partial charge in [0.15, 0.2) is 0 Å². The summed E-state index contributed by atoms with van der Waals surface area (Å²) in [7, 11) is 0. The molecule has 1 unspecified atom stereocenters. The molecular weight excluding hydrogens is 282 g/mol. The molecule has 1 aromatic carbocycles. The Labute approximate surface area is 111 Å². The number of rotatable bonds is 3. The zero-order valence-electron chi connectivity index (χ0n) is 10.0. The molecule has 0 amide bonds. The van der Waals surface area contributed by atoms with E-state index in [9.17, 15) is 5.11 Å². The van der Waals surface area contributed by atoms with Crippen LogP contribution in [0.1, 0.15) is 18.4 Å². The van der Waals surface area contributed by atoms with E-state index in [1.54, 1.807) is 0 Å². The number of hydrogen-bond acceptors (Lipinski definition) is 3. The van der Waals surface area contributed by atoms with E-state index >= 15 is 0 Å². The second-order valence-electron chi connectivity index (χ2n) is 4.39. The lowest BCUT2D eigenvalue weighted by atomic mass is 9.99. The number of ether oxygens (including phenoxy) is 1. The molecule has 2 rings (SSSR count). The number of nitrogens with zero attached hydrogens (tertiary/aromatic N) is 1. The fourth-order valence-electron chi connectivity index (χ4n) is 2.11. The van der Waals surface area contributed by atoms with E-state index in [-0.39, 0.29) is 12.5 Å². The molecular formula is C13H18BrNO2. The monoisotopic (exact) mass is 299 g/mol. The Morgan fingerprint density at radius 2 is 2.12 bits per heavy atom. The van der Waals surface area contributed by atoms with Gasteiger partial charge >= 0.3 is 0 Å². The summed E-state index contributed by atoms with van der Waals surface area (Å²) >= 11 is 3.49. The molecule has 17 heavy (non-hydrogen) atoms. The molecule has 1 fully saturated rings. The third-order valence-electron chi connectivity index (χ3n) is 3.15. The van der Waals surface area contributed by atoms with Gasteiger partial charge in [0.05, 0.1) is 13.2 Å². The maximum Gasteiger partial charge on any atom is 0.0642 e. The third kappa shape index (κ3) is 3.00. The van der Waals surface area contributed by atoms with Crippen molar-refractivity contribution in [3.8, 4) is 0 Å². The zero-order chi connectivity index (χ0) is 12.3. The summed E-state index contributed by atoms with van der Waals surface area (Å²) in [5, 5.41) is 9.34. The number of benzene rings is 1. The summed E-state index contributed by atoms with van der Waals surface area (Å²) in [6.45, 7) is 5.63. The van der Waals surface area contributed by atoms with Crippen molar-refractivity contribution in [1.29, 1.82) is 0 Å². The first-order valence-electron chi connectivity index (χ1n) is 5.95. The van der Waals surface area contributed by atoms with Crippen molar-refractivity contribution < 1.29 is 9.84 Å². The lowest BCUT2D eigenvalue weighted by Crippen LogP contribution is -2.37. The van der Waals surface area contributed by atoms with Crippen LogP contribution in [0.15, 0.2) is 22.7 Å². The second-order valence-corrected chi connectivity index (χ2v) is 5.30. The van der Waals surface area contributed by atoms with E-state index in [4.69, 9.17) is 4.74 Å². The van der Waals surface area contributed by atoms with Crippen molar-refractivity contribution in [1.82, 2.24) is 0 Å². The highest BCUT2D eigenvalue weighted by molar-refractivity contribution is 9.10. The molecule has 1 heterocycles. The molecule has 94 valence electrons. The van der Waals surface area contributed by atoms with Crippen LogP contribution in [-0.4, -0.2) is 38.0 Å². The Bertz CT molecular complexity index is 378. The summed E-state index contributed by atoms with van der Waals surface area (Å²) in [5.41, 5.74) is 2.42. The average molecular weight is 300 g/mol. The molecule has 0 spiro atoms. The van der Waals surface area contributed by atoms with Crippen LogP contribution in [0.3, 0.4) is 0 Å². The van der Waals surface area contributed by atoms with Gasteiger partial charge in [-0.05, 0) is 23.8 Å². The summed E-state index contributed by atoms with van der Waals surface area (Å²) in [4.78, 5) is 2.33. The number of anilines is 1. The minimum absolute atomic E-state index is 0.158. The lowest BCUT2D eigenvalue weighted by molar-refractivity contribution is 0.122. The highest BCUT2D eigenvalue weighted by Gasteiger charge is 2.17. The van der Waals surface area contributed by atoms with E-state index in [0.29, 0.717) is 0 Å². The van der Waals surface area contributed by atoms with Gasteiger partial charge < -0.3 is 14.7 Å². The van der Waals surface area contributed by atoms with Crippen LogP contribution in [0.5, 0.6) is 0 Å². The molecule has 1 aliphatic heterocycles. The van der Waals surface area contributed by atoms with Gasteiger partial charge in [-0.3, -0.25) is 0 Å². The van der Waals surface area contributed by atoms with Gasteiger partial charge in [0.25, 0.3) is 0 Å². The molecule has 0 aliphatic carbocycles. The first-order chi connectivity index (χ1) is 8.22. The second kappa shape index (κ2) is 5.85. The number of aliphatic hydroxyl groups excluding tert-OH is 1. The SMILES string of the molecule is CC(CO)c1cc(Br)ccc1N1CCOCC1. The van der Waals surface area contributed by atoms with Gasteiger partial charge in [0.2, 0.25) is 0 Å². The predicted octanol–water partition coefficient (Wildman–Crippen LogP) is 2.38. The molecule has 1 atom stereocenters. The van der Waals surface area contributed by atoms with E-state index in [0.717, 1.165) is 30.8 Å². The predicted molar refractivity (Wildman–Crippen MR) is 72.7 cm³/mol. The molecule has 0 bridgehead atoms. The summed E-state index contributed by atoms with van der Waals surface area (Å²) in [5.74, 6) is 0.158. The van der Waals surface area contributed by atoms with E-state index in [2.05, 4.69) is 39.0 Å². The van der Waals surface area contributed by atoms with Crippen LogP contribution < -0.4 is 4.90 Å². The summed E-state index contributed by atoms with van der Waals surface area (Å²) in [6, 6.07) is 6.28. The van der Waals surface area contributed by atoms with Gasteiger partial charge in [-0.2, -0.15) is 0 Å². The van der Waals surface area contributed by atoms with Crippen molar-refractivity contribution in [2.24, 2.45) is 0 Å². The van der Waals surface area contributed by atoms with E-state index < -0.39 is 0 Å². The van der Waals surface area contributed by atoms with Crippen molar-refractivity contribution in [2.45, 2.75) is 12.8 Å². The Balaban J connectivity index is 2.30. The number of morpholine rings is 1. The molecule has 0 radical (unpaired) electrons. The fourth-order valence-corrected chi connectivity index (χ4v) is 2.49. The molecule has 3 nitrogen and oxygen atoms in total. The van der Waals surface area contributed by atoms with Crippen molar-refractivity contribution in [3.05, 3.63) is 28.2 Å². The maximum absolute atomic E-state index is 9.34. The zero-order valence-corrected chi connectivity index (χ0v) is 11.6. The molecule has 4 heteroatoms. The Morgan fingerprint density at radius 3 is 2.76 bits per heavy atom. The topological polar surface area (TPSA) is 32.7 Å². The maximum atomic E-state index is 9.34. The summed E-state index contributed by atoms with van der Waals surface area (Å²) < 4.78 is 6.43. The molecule has 1 aromatic rings. The van der Waals surface area contributed by atoms with E-state index in [1.807, 2.05) is 6.92 Å². The lowest BCUT2D eigenvalue weighted by Gasteiger charge is -2.31. The number of aliphatic hydroxyl groups is 1. The molecule has 1 N–H and O–H groups in total. The van der Waals surface area contributed by atoms with Crippen LogP contribution >= 0.6 is 15.9 Å². The minimum atomic E-state index is 0.158. The molecule has 0 saturated carbocycles. The standard InChI is InChI=1S/C13H18BrNO2/c1-10(9-16)12-8-11(14)2-3-13(12)15-4-6-17-7-5-15/h2-3,8,10,16H,4-7,9H2,1H3. The van der Waals surface area contributed by atoms with Crippen molar-refractivity contribution >= 4 is 21.6 Å². The summed E-state index contributed by atoms with van der Waals surface area (Å²) in [6.07, 6.45) is 0. The van der Waals surface area contributed by atoms with Crippen LogP contribution in [-0.2, 0) is 4.74 Å². The normalized spacial score (nSPS) is 18.2. The van der Waals surface area contributed by atoms with Crippen molar-refractivity contribution in [3.63, 3.8) is 0 Å². The number of halogens is 1. The highest BCUT2D eigenvalue weighted by Crippen LogP contribution is 2.30. The highest BCUT2D eigenvalue weighted by atomic mass is 79.9.